The van der Waals surface area contributed by atoms with Gasteiger partial charge in [-0.15, -0.1) is 11.3 Å². The van der Waals surface area contributed by atoms with Crippen LogP contribution in [0, 0.1) is 24.2 Å². The summed E-state index contributed by atoms with van der Waals surface area (Å²) in [6.45, 7) is 2.76. The first-order chi connectivity index (χ1) is 18.8. The standard InChI is InChI=1S/C28H31N5O4S2/c1-18-30-16-23(38-18)27-31-24(21-8-4-5-9-22(21)33-12-14-39(35,36)15-13-33)25(37-27)19-6-2-3-7-20(19)26(34)32-28(17-29)10-11-28/h4-5,8-9,16,19-20H,2-3,6-7,10-15H2,1H3,(H,32,34)/t19-,20-/m1/s1. The zero-order chi connectivity index (χ0) is 27.2. The van der Waals surface area contributed by atoms with Crippen LogP contribution in [0.25, 0.3) is 22.0 Å². The first-order valence-electron chi connectivity index (χ1n) is 13.5. The molecule has 1 aromatic carbocycles. The maximum Gasteiger partial charge on any atom is 0.238 e. The molecule has 2 atom stereocenters. The van der Waals surface area contributed by atoms with Gasteiger partial charge in [-0.2, -0.15) is 5.26 Å². The number of benzene rings is 1. The van der Waals surface area contributed by atoms with Crippen LogP contribution in [0.3, 0.4) is 0 Å². The molecule has 3 heterocycles. The van der Waals surface area contributed by atoms with Gasteiger partial charge in [0, 0.05) is 36.2 Å². The summed E-state index contributed by atoms with van der Waals surface area (Å²) in [7, 11) is -3.03. The highest BCUT2D eigenvalue weighted by Gasteiger charge is 2.47. The minimum absolute atomic E-state index is 0.0918. The van der Waals surface area contributed by atoms with Crippen LogP contribution in [0.5, 0.6) is 0 Å². The molecule has 6 rings (SSSR count). The zero-order valence-electron chi connectivity index (χ0n) is 21.9. The van der Waals surface area contributed by atoms with Gasteiger partial charge < -0.3 is 14.6 Å². The number of hydrogen-bond acceptors (Lipinski definition) is 9. The van der Waals surface area contributed by atoms with E-state index in [0.717, 1.165) is 46.8 Å². The summed E-state index contributed by atoms with van der Waals surface area (Å²) in [5.41, 5.74) is 1.73. The molecule has 3 aromatic rings. The Balaban J connectivity index is 1.42. The van der Waals surface area contributed by atoms with Crippen molar-refractivity contribution in [2.24, 2.45) is 5.92 Å². The number of hydrogen-bond donors (Lipinski definition) is 1. The molecule has 3 aliphatic rings. The average Bonchev–Trinajstić information content (AvgIpc) is 3.35. The molecule has 0 unspecified atom stereocenters. The van der Waals surface area contributed by atoms with Crippen LogP contribution in [0.2, 0.25) is 0 Å². The van der Waals surface area contributed by atoms with E-state index in [1.54, 1.807) is 6.20 Å². The lowest BCUT2D eigenvalue weighted by molar-refractivity contribution is -0.127. The van der Waals surface area contributed by atoms with Crippen molar-refractivity contribution in [2.75, 3.05) is 29.5 Å². The third-order valence-electron chi connectivity index (χ3n) is 8.10. The fourth-order valence-corrected chi connectivity index (χ4v) is 7.63. The van der Waals surface area contributed by atoms with Crippen LogP contribution in [-0.2, 0) is 14.6 Å². The molecule has 2 saturated carbocycles. The smallest absolute Gasteiger partial charge is 0.238 e. The van der Waals surface area contributed by atoms with Crippen LogP contribution >= 0.6 is 11.3 Å². The number of nitrogens with one attached hydrogen (secondary N) is 1. The van der Waals surface area contributed by atoms with E-state index in [4.69, 9.17) is 9.40 Å². The number of thiazole rings is 1. The predicted octanol–water partition coefficient (Wildman–Crippen LogP) is 4.45. The quantitative estimate of drug-likeness (QED) is 0.464. The first kappa shape index (κ1) is 26.0. The van der Waals surface area contributed by atoms with Gasteiger partial charge in [0.05, 0.1) is 28.8 Å². The van der Waals surface area contributed by atoms with E-state index in [9.17, 15) is 18.5 Å². The number of aromatic nitrogens is 2. The van der Waals surface area contributed by atoms with Crippen molar-refractivity contribution in [2.45, 2.75) is 56.9 Å². The Labute approximate surface area is 232 Å². The lowest BCUT2D eigenvalue weighted by Gasteiger charge is -2.32. The van der Waals surface area contributed by atoms with Gasteiger partial charge >= 0.3 is 0 Å². The number of aryl methyl sites for hydroxylation is 1. The third-order valence-corrected chi connectivity index (χ3v) is 10.6. The van der Waals surface area contributed by atoms with Gasteiger partial charge in [0.15, 0.2) is 9.84 Å². The second-order valence-electron chi connectivity index (χ2n) is 10.8. The normalized spacial score (nSPS) is 23.6. The van der Waals surface area contributed by atoms with Gasteiger partial charge in [-0.3, -0.25) is 4.79 Å². The molecule has 9 nitrogen and oxygen atoms in total. The van der Waals surface area contributed by atoms with Crippen LogP contribution in [0.15, 0.2) is 34.9 Å². The monoisotopic (exact) mass is 565 g/mol. The zero-order valence-corrected chi connectivity index (χ0v) is 23.5. The van der Waals surface area contributed by atoms with Crippen molar-refractivity contribution >= 4 is 32.8 Å². The van der Waals surface area contributed by atoms with Gasteiger partial charge in [-0.05, 0) is 38.7 Å². The summed E-state index contributed by atoms with van der Waals surface area (Å²) in [5.74, 6) is 0.781. The van der Waals surface area contributed by atoms with Gasteiger partial charge in [0.1, 0.15) is 21.9 Å². The molecular formula is C28H31N5O4S2. The minimum Gasteiger partial charge on any atom is -0.439 e. The van der Waals surface area contributed by atoms with Gasteiger partial charge in [-0.25, -0.2) is 18.4 Å². The molecule has 0 spiro atoms. The molecule has 204 valence electrons. The van der Waals surface area contributed by atoms with Crippen molar-refractivity contribution in [3.05, 3.63) is 41.2 Å². The van der Waals surface area contributed by atoms with Crippen molar-refractivity contribution < 1.29 is 17.6 Å². The van der Waals surface area contributed by atoms with Gasteiger partial charge in [0.25, 0.3) is 0 Å². The first-order valence-corrected chi connectivity index (χ1v) is 16.1. The minimum atomic E-state index is -3.03. The largest absolute Gasteiger partial charge is 0.439 e. The van der Waals surface area contributed by atoms with Crippen LogP contribution in [0.4, 0.5) is 5.69 Å². The Bertz CT molecular complexity index is 1540. The maximum atomic E-state index is 13.5. The van der Waals surface area contributed by atoms with Gasteiger partial charge in [-0.1, -0.05) is 31.0 Å². The van der Waals surface area contributed by atoms with Crippen molar-refractivity contribution in [3.8, 4) is 28.1 Å². The highest BCUT2D eigenvalue weighted by atomic mass is 32.2. The lowest BCUT2D eigenvalue weighted by atomic mass is 9.76. The van der Waals surface area contributed by atoms with E-state index in [1.165, 1.54) is 11.3 Å². The van der Waals surface area contributed by atoms with Crippen LogP contribution < -0.4 is 10.2 Å². The SMILES string of the molecule is Cc1ncc(-c2nc(-c3ccccc3N3CCS(=O)(=O)CC3)c([C@@H]3CCCC[C@H]3C(=O)NC3(C#N)CC3)o2)s1. The van der Waals surface area contributed by atoms with E-state index in [0.29, 0.717) is 43.3 Å². The molecule has 39 heavy (non-hydrogen) atoms. The number of sulfone groups is 1. The van der Waals surface area contributed by atoms with Gasteiger partial charge in [0.2, 0.25) is 11.8 Å². The maximum absolute atomic E-state index is 13.5. The second kappa shape index (κ2) is 10.1. The highest BCUT2D eigenvalue weighted by Crippen LogP contribution is 2.46. The molecule has 0 radical (unpaired) electrons. The lowest BCUT2D eigenvalue weighted by Crippen LogP contribution is -2.42. The molecule has 0 bridgehead atoms. The molecule has 3 fully saturated rings. The van der Waals surface area contributed by atoms with Crippen LogP contribution in [0.1, 0.15) is 55.2 Å². The molecule has 1 saturated heterocycles. The average molecular weight is 566 g/mol. The molecule has 11 heteroatoms. The molecule has 1 aliphatic heterocycles. The summed E-state index contributed by atoms with van der Waals surface area (Å²) in [6, 6.07) is 10.2. The number of carbonyl (C=O) groups is 1. The van der Waals surface area contributed by atoms with Crippen molar-refractivity contribution in [3.63, 3.8) is 0 Å². The highest BCUT2D eigenvalue weighted by molar-refractivity contribution is 7.91. The topological polar surface area (TPSA) is 129 Å². The van der Waals surface area contributed by atoms with Crippen LogP contribution in [-0.4, -0.2) is 54.4 Å². The Morgan fingerprint density at radius 3 is 2.64 bits per heavy atom. The number of rotatable bonds is 6. The molecule has 1 N–H and O–H groups in total. The second-order valence-corrected chi connectivity index (χ2v) is 14.4. The fraction of sp³-hybridized carbons (Fsp3) is 0.500. The molecule has 2 aliphatic carbocycles. The summed E-state index contributed by atoms with van der Waals surface area (Å²) >= 11 is 1.50. The Morgan fingerprint density at radius 1 is 1.21 bits per heavy atom. The third kappa shape index (κ3) is 5.20. The summed E-state index contributed by atoms with van der Waals surface area (Å²) < 4.78 is 30.8. The summed E-state index contributed by atoms with van der Waals surface area (Å²) in [4.78, 5) is 25.8. The summed E-state index contributed by atoms with van der Waals surface area (Å²) in [6.07, 6.45) is 6.55. The number of nitriles is 1. The molecule has 1 amide bonds. The fourth-order valence-electron chi connectivity index (χ4n) is 5.72. The van der Waals surface area contributed by atoms with E-state index >= 15 is 0 Å². The Morgan fingerprint density at radius 2 is 1.95 bits per heavy atom. The molecule has 2 aromatic heterocycles. The number of oxazole rings is 1. The van der Waals surface area contributed by atoms with E-state index in [2.05, 4.69) is 21.3 Å². The van der Waals surface area contributed by atoms with E-state index < -0.39 is 15.4 Å². The van der Waals surface area contributed by atoms with E-state index in [1.807, 2.05) is 31.2 Å². The van der Waals surface area contributed by atoms with Crippen molar-refractivity contribution in [1.29, 1.82) is 5.26 Å². The number of carbonyl (C=O) groups excluding carboxylic acids is 1. The number of nitrogens with zero attached hydrogens (tertiary/aromatic N) is 4. The number of para-hydroxylation sites is 1. The number of anilines is 1. The number of amides is 1. The molecular weight excluding hydrogens is 534 g/mol. The van der Waals surface area contributed by atoms with Crippen molar-refractivity contribution in [1.82, 2.24) is 15.3 Å². The summed E-state index contributed by atoms with van der Waals surface area (Å²) in [5, 5.41) is 13.5. The predicted molar refractivity (Wildman–Crippen MR) is 149 cm³/mol. The van der Waals surface area contributed by atoms with E-state index in [-0.39, 0.29) is 29.2 Å². The Hall–Kier alpha value is -3.23. The Kier molecular flexibility index (Phi) is 6.71.